The van der Waals surface area contributed by atoms with Crippen LogP contribution in [0.2, 0.25) is 0 Å². The van der Waals surface area contributed by atoms with Crippen LogP contribution in [0.4, 0.5) is 8.78 Å². The van der Waals surface area contributed by atoms with Gasteiger partial charge in [0.2, 0.25) is 5.88 Å². The van der Waals surface area contributed by atoms with E-state index >= 15 is 0 Å². The van der Waals surface area contributed by atoms with E-state index in [1.54, 1.807) is 48.7 Å². The van der Waals surface area contributed by atoms with Gasteiger partial charge in [-0.3, -0.25) is 9.89 Å². The zero-order chi connectivity index (χ0) is 22.1. The molecule has 0 aliphatic carbocycles. The molecule has 1 N–H and O–H groups in total. The summed E-state index contributed by atoms with van der Waals surface area (Å²) in [5, 5.41) is 11.1. The third kappa shape index (κ3) is 3.89. The third-order valence-electron chi connectivity index (χ3n) is 5.52. The Balaban J connectivity index is 1.36. The number of alkyl halides is 2. The van der Waals surface area contributed by atoms with Crippen LogP contribution in [-0.4, -0.2) is 56.3 Å². The number of fused-ring (bicyclic) bond motifs is 1. The second kappa shape index (κ2) is 7.99. The highest BCUT2D eigenvalue weighted by atomic mass is 19.3. The molecule has 0 spiro atoms. The molecule has 1 saturated heterocycles. The van der Waals surface area contributed by atoms with Gasteiger partial charge in [-0.2, -0.15) is 0 Å². The highest BCUT2D eigenvalue weighted by Gasteiger charge is 2.47. The van der Waals surface area contributed by atoms with Crippen LogP contribution in [0.5, 0.6) is 5.88 Å². The number of carbonyl (C=O) groups excluding carboxylic acids is 1. The van der Waals surface area contributed by atoms with Crippen molar-refractivity contribution < 1.29 is 18.3 Å². The maximum Gasteiger partial charge on any atom is 0.287 e. The van der Waals surface area contributed by atoms with Crippen molar-refractivity contribution in [3.05, 3.63) is 72.4 Å². The fraction of sp³-hybridized carbons (Fsp3) is 0.217. The van der Waals surface area contributed by atoms with Gasteiger partial charge in [0.15, 0.2) is 6.10 Å². The average molecular weight is 435 g/mol. The zero-order valence-electron chi connectivity index (χ0n) is 16.9. The van der Waals surface area contributed by atoms with Gasteiger partial charge in [0, 0.05) is 41.7 Å². The average Bonchev–Trinajstić information content (AvgIpc) is 3.35. The number of aromatic amines is 1. The summed E-state index contributed by atoms with van der Waals surface area (Å²) in [4.78, 5) is 18.8. The van der Waals surface area contributed by atoms with Crippen molar-refractivity contribution in [2.24, 2.45) is 0 Å². The fourth-order valence-corrected chi connectivity index (χ4v) is 3.77. The largest absolute Gasteiger partial charge is 0.466 e. The number of nitrogens with zero attached hydrogens (tertiary/aromatic N) is 4. The van der Waals surface area contributed by atoms with E-state index in [4.69, 9.17) is 4.74 Å². The maximum atomic E-state index is 14.6. The SMILES string of the molecule is O=C(c1cccc(-c2c[nH]nn2)c1)N1CCC(F)(F)[C@@H](Oc2ccc3ccccc3n2)C1. The van der Waals surface area contributed by atoms with Crippen molar-refractivity contribution in [2.45, 2.75) is 18.4 Å². The van der Waals surface area contributed by atoms with Gasteiger partial charge in [0.1, 0.15) is 5.69 Å². The number of benzene rings is 2. The predicted octanol–water partition coefficient (Wildman–Crippen LogP) is 3.95. The van der Waals surface area contributed by atoms with Gasteiger partial charge in [0.05, 0.1) is 12.1 Å². The molecule has 1 amide bonds. The second-order valence-corrected chi connectivity index (χ2v) is 7.65. The number of rotatable bonds is 4. The summed E-state index contributed by atoms with van der Waals surface area (Å²) in [6.45, 7) is -0.306. The number of halogens is 2. The van der Waals surface area contributed by atoms with Crippen LogP contribution in [0.1, 0.15) is 16.8 Å². The molecule has 0 unspecified atom stereocenters. The first kappa shape index (κ1) is 20.0. The molecule has 32 heavy (non-hydrogen) atoms. The third-order valence-corrected chi connectivity index (χ3v) is 5.52. The number of likely N-dealkylation sites (tertiary alicyclic amines) is 1. The predicted molar refractivity (Wildman–Crippen MR) is 113 cm³/mol. The lowest BCUT2D eigenvalue weighted by Gasteiger charge is -2.38. The van der Waals surface area contributed by atoms with Gasteiger partial charge in [0.25, 0.3) is 11.8 Å². The highest BCUT2D eigenvalue weighted by molar-refractivity contribution is 5.95. The molecular weight excluding hydrogens is 416 g/mol. The number of hydrogen-bond acceptors (Lipinski definition) is 5. The van der Waals surface area contributed by atoms with Gasteiger partial charge in [-0.25, -0.2) is 13.8 Å². The van der Waals surface area contributed by atoms with E-state index in [9.17, 15) is 13.6 Å². The fourth-order valence-electron chi connectivity index (χ4n) is 3.77. The normalized spacial score (nSPS) is 17.9. The first-order valence-electron chi connectivity index (χ1n) is 10.2. The number of pyridine rings is 1. The van der Waals surface area contributed by atoms with Crippen LogP contribution in [-0.2, 0) is 0 Å². The van der Waals surface area contributed by atoms with E-state index in [1.165, 1.54) is 4.90 Å². The molecule has 4 aromatic rings. The van der Waals surface area contributed by atoms with Gasteiger partial charge in [-0.1, -0.05) is 35.5 Å². The minimum atomic E-state index is -3.08. The quantitative estimate of drug-likeness (QED) is 0.525. The number of para-hydroxylation sites is 1. The molecule has 7 nitrogen and oxygen atoms in total. The lowest BCUT2D eigenvalue weighted by atomic mass is 10.0. The van der Waals surface area contributed by atoms with Gasteiger partial charge >= 0.3 is 0 Å². The summed E-state index contributed by atoms with van der Waals surface area (Å²) in [6.07, 6.45) is -0.363. The Bertz CT molecular complexity index is 1260. The Morgan fingerprint density at radius 2 is 2.00 bits per heavy atom. The molecule has 1 aliphatic rings. The first-order chi connectivity index (χ1) is 15.5. The van der Waals surface area contributed by atoms with E-state index < -0.39 is 18.4 Å². The smallest absolute Gasteiger partial charge is 0.287 e. The Hall–Kier alpha value is -3.88. The summed E-state index contributed by atoms with van der Waals surface area (Å²) in [5.74, 6) is -3.31. The number of aromatic nitrogens is 4. The van der Waals surface area contributed by atoms with Gasteiger partial charge in [-0.05, 0) is 24.3 Å². The molecular formula is C23H19F2N5O2. The summed E-state index contributed by atoms with van der Waals surface area (Å²) in [5.41, 5.74) is 2.34. The van der Waals surface area contributed by atoms with Crippen molar-refractivity contribution >= 4 is 16.8 Å². The molecule has 1 fully saturated rings. The Kier molecular flexibility index (Phi) is 5.01. The van der Waals surface area contributed by atoms with Crippen LogP contribution >= 0.6 is 0 Å². The first-order valence-corrected chi connectivity index (χ1v) is 10.2. The highest BCUT2D eigenvalue weighted by Crippen LogP contribution is 2.32. The van der Waals surface area contributed by atoms with E-state index in [0.29, 0.717) is 22.3 Å². The monoisotopic (exact) mass is 435 g/mol. The zero-order valence-corrected chi connectivity index (χ0v) is 16.9. The van der Waals surface area contributed by atoms with Gasteiger partial charge in [-0.15, -0.1) is 5.10 Å². The van der Waals surface area contributed by atoms with E-state index in [-0.39, 0.29) is 24.9 Å². The van der Waals surface area contributed by atoms with E-state index in [2.05, 4.69) is 20.4 Å². The summed E-state index contributed by atoms with van der Waals surface area (Å²) in [7, 11) is 0. The Morgan fingerprint density at radius 3 is 2.84 bits per heavy atom. The number of amides is 1. The van der Waals surface area contributed by atoms with Crippen molar-refractivity contribution in [1.82, 2.24) is 25.3 Å². The molecule has 9 heteroatoms. The van der Waals surface area contributed by atoms with E-state index in [0.717, 1.165) is 5.39 Å². The lowest BCUT2D eigenvalue weighted by Crippen LogP contribution is -2.55. The topological polar surface area (TPSA) is 84.0 Å². The van der Waals surface area contributed by atoms with Crippen LogP contribution in [0.15, 0.2) is 66.9 Å². The number of hydrogen-bond donors (Lipinski definition) is 1. The minimum absolute atomic E-state index is 0.0645. The summed E-state index contributed by atoms with van der Waals surface area (Å²) in [6, 6.07) is 17.6. The van der Waals surface area contributed by atoms with Crippen molar-refractivity contribution in [1.29, 1.82) is 0 Å². The molecule has 2 aromatic carbocycles. The minimum Gasteiger partial charge on any atom is -0.466 e. The molecule has 2 aromatic heterocycles. The molecule has 0 bridgehead atoms. The van der Waals surface area contributed by atoms with E-state index in [1.807, 2.05) is 18.2 Å². The Morgan fingerprint density at radius 1 is 1.12 bits per heavy atom. The van der Waals surface area contributed by atoms with Crippen molar-refractivity contribution in [3.63, 3.8) is 0 Å². The number of H-pyrrole nitrogens is 1. The molecule has 162 valence electrons. The van der Waals surface area contributed by atoms with Gasteiger partial charge < -0.3 is 9.64 Å². The number of ether oxygens (including phenoxy) is 1. The summed E-state index contributed by atoms with van der Waals surface area (Å²) < 4.78 is 34.9. The lowest BCUT2D eigenvalue weighted by molar-refractivity contribution is -0.131. The Labute approximate surface area is 182 Å². The number of piperidine rings is 1. The number of nitrogens with one attached hydrogen (secondary N) is 1. The molecule has 1 aliphatic heterocycles. The molecule has 0 radical (unpaired) electrons. The second-order valence-electron chi connectivity index (χ2n) is 7.65. The van der Waals surface area contributed by atoms with Crippen LogP contribution in [0, 0.1) is 0 Å². The van der Waals surface area contributed by atoms with Crippen LogP contribution < -0.4 is 4.74 Å². The summed E-state index contributed by atoms with van der Waals surface area (Å²) >= 11 is 0. The van der Waals surface area contributed by atoms with Crippen LogP contribution in [0.25, 0.3) is 22.2 Å². The number of carbonyl (C=O) groups is 1. The molecule has 0 saturated carbocycles. The van der Waals surface area contributed by atoms with Crippen LogP contribution in [0.3, 0.4) is 0 Å². The molecule has 3 heterocycles. The van der Waals surface area contributed by atoms with Crippen molar-refractivity contribution in [3.8, 4) is 17.1 Å². The van der Waals surface area contributed by atoms with Crippen molar-refractivity contribution in [2.75, 3.05) is 13.1 Å². The molecule has 5 rings (SSSR count). The maximum absolute atomic E-state index is 14.6. The standard InChI is InChI=1S/C23H19F2N5O2/c24-23(25)10-11-30(22(31)17-6-3-5-16(12-17)19-13-26-29-28-19)14-20(23)32-21-9-8-15-4-1-2-7-18(15)27-21/h1-9,12-13,20H,10-11,14H2,(H,26,28,29)/t20-/m0/s1. The molecule has 1 atom stereocenters.